The maximum atomic E-state index is 13.1. The van der Waals surface area contributed by atoms with Gasteiger partial charge in [-0.15, -0.1) is 0 Å². The number of carbonyl (C=O) groups excluding carboxylic acids is 1. The second kappa shape index (κ2) is 12.0. The van der Waals surface area contributed by atoms with Crippen molar-refractivity contribution < 1.29 is 23.2 Å². The highest BCUT2D eigenvalue weighted by molar-refractivity contribution is 7.90. The highest BCUT2D eigenvalue weighted by Gasteiger charge is 2.29. The Balaban J connectivity index is 1.47. The fourth-order valence-corrected chi connectivity index (χ4v) is 5.23. The number of hydrogen-bond donors (Lipinski definition) is 0. The Morgan fingerprint density at radius 3 is 1.97 bits per heavy atom. The predicted molar refractivity (Wildman–Crippen MR) is 143 cm³/mol. The zero-order chi connectivity index (χ0) is 25.5. The average Bonchev–Trinajstić information content (AvgIpc) is 2.91. The van der Waals surface area contributed by atoms with Gasteiger partial charge in [-0.3, -0.25) is 9.00 Å². The quantitative estimate of drug-likeness (QED) is 0.393. The summed E-state index contributed by atoms with van der Waals surface area (Å²) < 4.78 is 29.5. The van der Waals surface area contributed by atoms with E-state index in [1.54, 1.807) is 25.2 Å². The van der Waals surface area contributed by atoms with Crippen molar-refractivity contribution in [2.24, 2.45) is 0 Å². The fraction of sp³-hybridized carbons (Fsp3) is 0.276. The minimum absolute atomic E-state index is 0.200. The minimum Gasteiger partial charge on any atom is -0.497 e. The van der Waals surface area contributed by atoms with Crippen molar-refractivity contribution in [3.63, 3.8) is 0 Å². The summed E-state index contributed by atoms with van der Waals surface area (Å²) in [5.74, 6) is 1.76. The SMILES string of the molecule is COc1ccc(C(OCCN2CCS(=O)C(=Cc3ccc(C)cc3)C2=O)c2ccc(OC)cc2)cc1. The van der Waals surface area contributed by atoms with Gasteiger partial charge in [0.2, 0.25) is 0 Å². The summed E-state index contributed by atoms with van der Waals surface area (Å²) in [7, 11) is 1.96. The average molecular weight is 506 g/mol. The molecular weight excluding hydrogens is 474 g/mol. The molecule has 4 rings (SSSR count). The molecule has 3 aromatic carbocycles. The first-order chi connectivity index (χ1) is 17.5. The largest absolute Gasteiger partial charge is 0.497 e. The van der Waals surface area contributed by atoms with Crippen LogP contribution in [0.25, 0.3) is 6.08 Å². The zero-order valence-electron chi connectivity index (χ0n) is 20.8. The van der Waals surface area contributed by atoms with Gasteiger partial charge in [0.1, 0.15) is 22.5 Å². The Kier molecular flexibility index (Phi) is 8.57. The number of benzene rings is 3. The molecule has 0 saturated carbocycles. The molecule has 1 atom stereocenters. The van der Waals surface area contributed by atoms with E-state index in [1.165, 1.54) is 0 Å². The van der Waals surface area contributed by atoms with Crippen LogP contribution in [0.5, 0.6) is 11.5 Å². The lowest BCUT2D eigenvalue weighted by Gasteiger charge is -2.29. The van der Waals surface area contributed by atoms with Crippen LogP contribution in [-0.4, -0.2) is 54.7 Å². The summed E-state index contributed by atoms with van der Waals surface area (Å²) in [5, 5.41) is 0. The monoisotopic (exact) mass is 505 g/mol. The Morgan fingerprint density at radius 1 is 0.889 bits per heavy atom. The third kappa shape index (κ3) is 6.22. The van der Waals surface area contributed by atoms with Crippen LogP contribution in [0.15, 0.2) is 77.7 Å². The summed E-state index contributed by atoms with van der Waals surface area (Å²) in [6.07, 6.45) is 1.42. The number of carbonyl (C=O) groups is 1. The van der Waals surface area contributed by atoms with Crippen LogP contribution in [0.3, 0.4) is 0 Å². The van der Waals surface area contributed by atoms with Gasteiger partial charge in [0, 0.05) is 18.8 Å². The molecule has 0 radical (unpaired) electrons. The smallest absolute Gasteiger partial charge is 0.262 e. The van der Waals surface area contributed by atoms with Crippen molar-refractivity contribution in [3.05, 3.63) is 100.0 Å². The predicted octanol–water partition coefficient (Wildman–Crippen LogP) is 4.75. The Hall–Kier alpha value is -3.42. The van der Waals surface area contributed by atoms with Gasteiger partial charge in [0.25, 0.3) is 5.91 Å². The summed E-state index contributed by atoms with van der Waals surface area (Å²) in [4.78, 5) is 15.2. The Bertz CT molecular complexity index is 1170. The third-order valence-corrected chi connectivity index (χ3v) is 7.48. The molecule has 36 heavy (non-hydrogen) atoms. The van der Waals surface area contributed by atoms with Gasteiger partial charge in [-0.25, -0.2) is 0 Å². The van der Waals surface area contributed by atoms with Gasteiger partial charge in [0.15, 0.2) is 0 Å². The van der Waals surface area contributed by atoms with Crippen molar-refractivity contribution in [1.82, 2.24) is 4.90 Å². The van der Waals surface area contributed by atoms with E-state index in [4.69, 9.17) is 14.2 Å². The van der Waals surface area contributed by atoms with Crippen molar-refractivity contribution >= 4 is 22.8 Å². The van der Waals surface area contributed by atoms with Gasteiger partial charge in [0.05, 0.1) is 31.6 Å². The van der Waals surface area contributed by atoms with Gasteiger partial charge in [-0.1, -0.05) is 54.1 Å². The topological polar surface area (TPSA) is 65.1 Å². The van der Waals surface area contributed by atoms with Crippen molar-refractivity contribution in [2.75, 3.05) is 39.7 Å². The lowest BCUT2D eigenvalue weighted by atomic mass is 10.0. The first kappa shape index (κ1) is 25.7. The molecule has 0 aromatic heterocycles. The highest BCUT2D eigenvalue weighted by Crippen LogP contribution is 2.29. The number of amides is 1. The maximum Gasteiger partial charge on any atom is 0.262 e. The second-order valence-electron chi connectivity index (χ2n) is 8.56. The molecule has 0 bridgehead atoms. The van der Waals surface area contributed by atoms with Crippen LogP contribution in [0, 0.1) is 6.92 Å². The van der Waals surface area contributed by atoms with Crippen LogP contribution < -0.4 is 9.47 Å². The summed E-state index contributed by atoms with van der Waals surface area (Å²) >= 11 is 0. The van der Waals surface area contributed by atoms with Gasteiger partial charge in [-0.05, 0) is 54.0 Å². The lowest BCUT2D eigenvalue weighted by Crippen LogP contribution is -2.43. The van der Waals surface area contributed by atoms with Crippen molar-refractivity contribution in [2.45, 2.75) is 13.0 Å². The molecule has 1 unspecified atom stereocenters. The molecule has 1 amide bonds. The summed E-state index contributed by atoms with van der Waals surface area (Å²) in [5.41, 5.74) is 3.96. The molecule has 0 aliphatic carbocycles. The molecule has 0 N–H and O–H groups in total. The van der Waals surface area contributed by atoms with Crippen LogP contribution >= 0.6 is 0 Å². The normalized spacial score (nSPS) is 17.0. The Morgan fingerprint density at radius 2 is 1.44 bits per heavy atom. The first-order valence-electron chi connectivity index (χ1n) is 11.8. The minimum atomic E-state index is -1.31. The van der Waals surface area contributed by atoms with Crippen LogP contribution in [0.4, 0.5) is 0 Å². The van der Waals surface area contributed by atoms with E-state index in [9.17, 15) is 9.00 Å². The third-order valence-electron chi connectivity index (χ3n) is 6.15. The van der Waals surface area contributed by atoms with E-state index in [0.717, 1.165) is 33.8 Å². The van der Waals surface area contributed by atoms with Crippen molar-refractivity contribution in [3.8, 4) is 11.5 Å². The zero-order valence-corrected chi connectivity index (χ0v) is 21.6. The number of methoxy groups -OCH3 is 2. The fourth-order valence-electron chi connectivity index (χ4n) is 4.04. The number of ether oxygens (including phenoxy) is 3. The van der Waals surface area contributed by atoms with Crippen LogP contribution in [0.2, 0.25) is 0 Å². The molecular formula is C29H31NO5S. The molecule has 1 aliphatic heterocycles. The number of nitrogens with zero attached hydrogens (tertiary/aromatic N) is 1. The molecule has 0 spiro atoms. The number of hydrogen-bond acceptors (Lipinski definition) is 5. The summed E-state index contributed by atoms with van der Waals surface area (Å²) in [6, 6.07) is 23.3. The maximum absolute atomic E-state index is 13.1. The van der Waals surface area contributed by atoms with E-state index in [-0.39, 0.29) is 12.0 Å². The van der Waals surface area contributed by atoms with Gasteiger partial charge < -0.3 is 19.1 Å². The van der Waals surface area contributed by atoms with Gasteiger partial charge >= 0.3 is 0 Å². The molecule has 1 heterocycles. The molecule has 1 saturated heterocycles. The number of aryl methyl sites for hydroxylation is 1. The van der Waals surface area contributed by atoms with E-state index in [0.29, 0.717) is 30.4 Å². The summed E-state index contributed by atoms with van der Waals surface area (Å²) in [6.45, 7) is 3.19. The van der Waals surface area contributed by atoms with Crippen LogP contribution in [0.1, 0.15) is 28.4 Å². The Labute approximate surface area is 215 Å². The van der Waals surface area contributed by atoms with E-state index in [2.05, 4.69) is 0 Å². The molecule has 188 valence electrons. The van der Waals surface area contributed by atoms with E-state index in [1.807, 2.05) is 79.7 Å². The van der Waals surface area contributed by atoms with Crippen molar-refractivity contribution in [1.29, 1.82) is 0 Å². The first-order valence-corrected chi connectivity index (χ1v) is 13.2. The molecule has 1 aliphatic rings. The van der Waals surface area contributed by atoms with Gasteiger partial charge in [-0.2, -0.15) is 0 Å². The lowest BCUT2D eigenvalue weighted by molar-refractivity contribution is -0.127. The van der Waals surface area contributed by atoms with Crippen LogP contribution in [-0.2, 0) is 20.3 Å². The second-order valence-corrected chi connectivity index (χ2v) is 10.1. The van der Waals surface area contributed by atoms with E-state index >= 15 is 0 Å². The standard InChI is InChI=1S/C29H31NO5S/c1-21-4-6-22(7-5-21)20-27-29(31)30(17-19-36(27)32)16-18-35-28(23-8-12-25(33-2)13-9-23)24-10-14-26(34-3)15-11-24/h4-15,20,28H,16-19H2,1-3H3. The number of rotatable bonds is 9. The molecule has 3 aromatic rings. The molecule has 6 nitrogen and oxygen atoms in total. The van der Waals surface area contributed by atoms with E-state index < -0.39 is 10.8 Å². The molecule has 7 heteroatoms. The highest BCUT2D eigenvalue weighted by atomic mass is 32.2. The molecule has 1 fully saturated rings.